The number of aliphatic hydroxyl groups is 1. The van der Waals surface area contributed by atoms with Gasteiger partial charge in [-0.3, -0.25) is 4.79 Å². The van der Waals surface area contributed by atoms with Gasteiger partial charge < -0.3 is 15.1 Å². The number of nitrogens with zero attached hydrogens (tertiary/aromatic N) is 1. The Morgan fingerprint density at radius 3 is 2.89 bits per heavy atom. The Morgan fingerprint density at radius 1 is 1.47 bits per heavy atom. The molecule has 0 bridgehead atoms. The highest BCUT2D eigenvalue weighted by molar-refractivity contribution is 7.09. The van der Waals surface area contributed by atoms with E-state index in [0.29, 0.717) is 12.8 Å². The van der Waals surface area contributed by atoms with Crippen LogP contribution in [0.4, 0.5) is 0 Å². The number of carbonyl (C=O) groups excluding carboxylic acids is 1. The SMILES string of the molecule is O=C(O)C1CC(O)CN1C(=O)CCCc1cccs1. The van der Waals surface area contributed by atoms with Crippen molar-refractivity contribution >= 4 is 23.2 Å². The molecule has 1 aliphatic rings. The monoisotopic (exact) mass is 283 g/mol. The number of β-amino-alcohol motifs (C(OH)–C–C–N with tert-alkyl or cyclic N) is 1. The number of aliphatic carboxylic acids is 1. The third-order valence-electron chi connectivity index (χ3n) is 3.28. The third kappa shape index (κ3) is 3.54. The molecule has 6 heteroatoms. The summed E-state index contributed by atoms with van der Waals surface area (Å²) in [5.41, 5.74) is 0. The number of amides is 1. The normalized spacial score (nSPS) is 22.7. The Labute approximate surface area is 115 Å². The predicted molar refractivity (Wildman–Crippen MR) is 71.0 cm³/mol. The molecule has 1 saturated heterocycles. The van der Waals surface area contributed by atoms with Crippen molar-refractivity contribution in [1.29, 1.82) is 0 Å². The number of likely N-dealkylation sites (tertiary alicyclic amines) is 1. The lowest BCUT2D eigenvalue weighted by molar-refractivity contribution is -0.148. The molecule has 1 aromatic heterocycles. The number of rotatable bonds is 5. The molecule has 2 unspecified atom stereocenters. The minimum Gasteiger partial charge on any atom is -0.480 e. The lowest BCUT2D eigenvalue weighted by Gasteiger charge is -2.21. The third-order valence-corrected chi connectivity index (χ3v) is 4.21. The van der Waals surface area contributed by atoms with Gasteiger partial charge >= 0.3 is 5.97 Å². The molecule has 2 N–H and O–H groups in total. The average Bonchev–Trinajstić information content (AvgIpc) is 2.98. The van der Waals surface area contributed by atoms with Crippen LogP contribution in [0, 0.1) is 0 Å². The summed E-state index contributed by atoms with van der Waals surface area (Å²) >= 11 is 1.65. The number of carboxylic acid groups (broad SMARTS) is 1. The van der Waals surface area contributed by atoms with E-state index in [1.54, 1.807) is 11.3 Å². The summed E-state index contributed by atoms with van der Waals surface area (Å²) < 4.78 is 0. The van der Waals surface area contributed by atoms with E-state index in [9.17, 15) is 14.7 Å². The Kier molecular flexibility index (Phi) is 4.55. The number of carboxylic acids is 1. The van der Waals surface area contributed by atoms with Crippen molar-refractivity contribution in [1.82, 2.24) is 4.90 Å². The van der Waals surface area contributed by atoms with Crippen LogP contribution in [-0.2, 0) is 16.0 Å². The average molecular weight is 283 g/mol. The Hall–Kier alpha value is -1.40. The molecule has 2 heterocycles. The van der Waals surface area contributed by atoms with Gasteiger partial charge in [0.1, 0.15) is 6.04 Å². The van der Waals surface area contributed by atoms with Crippen molar-refractivity contribution < 1.29 is 19.8 Å². The van der Waals surface area contributed by atoms with Crippen LogP contribution >= 0.6 is 11.3 Å². The maximum atomic E-state index is 12.0. The lowest BCUT2D eigenvalue weighted by Crippen LogP contribution is -2.40. The van der Waals surface area contributed by atoms with Crippen molar-refractivity contribution in [2.75, 3.05) is 6.54 Å². The first kappa shape index (κ1) is 14.0. The summed E-state index contributed by atoms with van der Waals surface area (Å²) in [6, 6.07) is 3.12. The number of aliphatic hydroxyl groups excluding tert-OH is 1. The zero-order valence-electron chi connectivity index (χ0n) is 10.5. The van der Waals surface area contributed by atoms with Gasteiger partial charge in [0.2, 0.25) is 5.91 Å². The predicted octanol–water partition coefficient (Wildman–Crippen LogP) is 1.12. The second kappa shape index (κ2) is 6.16. The molecular formula is C13H17NO4S. The summed E-state index contributed by atoms with van der Waals surface area (Å²) in [7, 11) is 0. The van der Waals surface area contributed by atoms with Crippen LogP contribution in [0.25, 0.3) is 0 Å². The molecule has 104 valence electrons. The van der Waals surface area contributed by atoms with Crippen molar-refractivity contribution in [3.63, 3.8) is 0 Å². The summed E-state index contributed by atoms with van der Waals surface area (Å²) in [6.07, 6.45) is 1.28. The fraction of sp³-hybridized carbons (Fsp3) is 0.538. The summed E-state index contributed by atoms with van der Waals surface area (Å²) in [5.74, 6) is -1.22. The second-order valence-corrected chi connectivity index (χ2v) is 5.75. The summed E-state index contributed by atoms with van der Waals surface area (Å²) in [5, 5.41) is 20.5. The molecule has 2 rings (SSSR count). The van der Waals surface area contributed by atoms with Gasteiger partial charge in [0.25, 0.3) is 0 Å². The smallest absolute Gasteiger partial charge is 0.326 e. The van der Waals surface area contributed by atoms with E-state index in [1.165, 1.54) is 9.78 Å². The molecule has 1 fully saturated rings. The maximum absolute atomic E-state index is 12.0. The largest absolute Gasteiger partial charge is 0.480 e. The highest BCUT2D eigenvalue weighted by atomic mass is 32.1. The van der Waals surface area contributed by atoms with Crippen molar-refractivity contribution in [2.24, 2.45) is 0 Å². The minimum absolute atomic E-state index is 0.131. The minimum atomic E-state index is -1.04. The van der Waals surface area contributed by atoms with Gasteiger partial charge in [-0.25, -0.2) is 4.79 Å². The van der Waals surface area contributed by atoms with Crippen LogP contribution in [-0.4, -0.2) is 45.7 Å². The van der Waals surface area contributed by atoms with E-state index >= 15 is 0 Å². The zero-order chi connectivity index (χ0) is 13.8. The highest BCUT2D eigenvalue weighted by Crippen LogP contribution is 2.20. The standard InChI is InChI=1S/C13H17NO4S/c15-9-7-11(13(17)18)14(8-9)12(16)5-1-3-10-4-2-6-19-10/h2,4,6,9,11,15H,1,3,5,7-8H2,(H,17,18). The van der Waals surface area contributed by atoms with Crippen LogP contribution in [0.1, 0.15) is 24.1 Å². The van der Waals surface area contributed by atoms with E-state index < -0.39 is 18.1 Å². The number of aryl methyl sites for hydroxylation is 1. The molecule has 2 atom stereocenters. The van der Waals surface area contributed by atoms with Crippen LogP contribution in [0.5, 0.6) is 0 Å². The molecule has 0 spiro atoms. The Morgan fingerprint density at radius 2 is 2.26 bits per heavy atom. The zero-order valence-corrected chi connectivity index (χ0v) is 11.3. The van der Waals surface area contributed by atoms with Gasteiger partial charge in [-0.05, 0) is 24.3 Å². The molecule has 1 aliphatic heterocycles. The van der Waals surface area contributed by atoms with Gasteiger partial charge in [0, 0.05) is 24.3 Å². The summed E-state index contributed by atoms with van der Waals surface area (Å²) in [4.78, 5) is 25.5. The quantitative estimate of drug-likeness (QED) is 0.849. The molecule has 19 heavy (non-hydrogen) atoms. The van der Waals surface area contributed by atoms with Gasteiger partial charge in [-0.1, -0.05) is 6.07 Å². The van der Waals surface area contributed by atoms with Gasteiger partial charge in [0.05, 0.1) is 6.10 Å². The van der Waals surface area contributed by atoms with Crippen LogP contribution in [0.3, 0.4) is 0 Å². The Bertz CT molecular complexity index is 446. The second-order valence-electron chi connectivity index (χ2n) is 4.72. The van der Waals surface area contributed by atoms with Crippen LogP contribution in [0.15, 0.2) is 17.5 Å². The van der Waals surface area contributed by atoms with E-state index in [-0.39, 0.29) is 18.9 Å². The van der Waals surface area contributed by atoms with E-state index in [0.717, 1.165) is 6.42 Å². The van der Waals surface area contributed by atoms with E-state index in [2.05, 4.69) is 0 Å². The first-order valence-corrected chi connectivity index (χ1v) is 7.18. The maximum Gasteiger partial charge on any atom is 0.326 e. The fourth-order valence-electron chi connectivity index (χ4n) is 2.34. The number of carbonyl (C=O) groups is 2. The number of hydrogen-bond acceptors (Lipinski definition) is 4. The molecular weight excluding hydrogens is 266 g/mol. The molecule has 0 aliphatic carbocycles. The fourth-order valence-corrected chi connectivity index (χ4v) is 3.09. The highest BCUT2D eigenvalue weighted by Gasteiger charge is 2.38. The van der Waals surface area contributed by atoms with Crippen LogP contribution in [0.2, 0.25) is 0 Å². The molecule has 0 radical (unpaired) electrons. The van der Waals surface area contributed by atoms with Crippen molar-refractivity contribution in [3.8, 4) is 0 Å². The molecule has 1 aromatic rings. The van der Waals surface area contributed by atoms with Gasteiger partial charge in [-0.2, -0.15) is 0 Å². The number of thiophene rings is 1. The van der Waals surface area contributed by atoms with Crippen molar-refractivity contribution in [3.05, 3.63) is 22.4 Å². The van der Waals surface area contributed by atoms with Gasteiger partial charge in [0.15, 0.2) is 0 Å². The molecule has 0 aromatic carbocycles. The first-order chi connectivity index (χ1) is 9.08. The van der Waals surface area contributed by atoms with E-state index in [4.69, 9.17) is 5.11 Å². The summed E-state index contributed by atoms with van der Waals surface area (Å²) in [6.45, 7) is 0.134. The van der Waals surface area contributed by atoms with Gasteiger partial charge in [-0.15, -0.1) is 11.3 Å². The van der Waals surface area contributed by atoms with Crippen molar-refractivity contribution in [2.45, 2.75) is 37.8 Å². The Balaban J connectivity index is 1.83. The topological polar surface area (TPSA) is 77.8 Å². The molecule has 0 saturated carbocycles. The number of hydrogen-bond donors (Lipinski definition) is 2. The first-order valence-electron chi connectivity index (χ1n) is 6.30. The lowest BCUT2D eigenvalue weighted by atomic mass is 10.1. The molecule has 1 amide bonds. The molecule has 5 nitrogen and oxygen atoms in total. The van der Waals surface area contributed by atoms with E-state index in [1.807, 2.05) is 17.5 Å². The van der Waals surface area contributed by atoms with Crippen LogP contribution < -0.4 is 0 Å².